The van der Waals surface area contributed by atoms with Crippen molar-refractivity contribution < 1.29 is 4.74 Å². The maximum Gasteiger partial charge on any atom is 0.216 e. The van der Waals surface area contributed by atoms with Crippen LogP contribution in [-0.4, -0.2) is 21.1 Å². The van der Waals surface area contributed by atoms with E-state index in [1.807, 2.05) is 31.2 Å². The molecule has 0 unspecified atom stereocenters. The van der Waals surface area contributed by atoms with Gasteiger partial charge >= 0.3 is 0 Å². The molecule has 26 heavy (non-hydrogen) atoms. The Morgan fingerprint density at radius 3 is 2.35 bits per heavy atom. The standard InChI is InChI=1S/C20H22N4OS/c1-13-9-14(2)19(15(3)10-13)12-25-18-7-5-17(6-8-18)11-21-24-16(4)22-23-20(24)26/h5-11H,12H2,1-4H3,(H,23,26). The molecule has 1 aromatic heterocycles. The Hall–Kier alpha value is -2.73. The number of hydrogen-bond donors (Lipinski definition) is 1. The number of nitrogens with zero attached hydrogens (tertiary/aromatic N) is 3. The maximum absolute atomic E-state index is 5.96. The van der Waals surface area contributed by atoms with Crippen molar-refractivity contribution in [2.45, 2.75) is 34.3 Å². The lowest BCUT2D eigenvalue weighted by molar-refractivity contribution is 0.304. The number of H-pyrrole nitrogens is 1. The first-order valence-electron chi connectivity index (χ1n) is 8.42. The van der Waals surface area contributed by atoms with E-state index in [0.717, 1.165) is 17.1 Å². The van der Waals surface area contributed by atoms with Crippen LogP contribution < -0.4 is 4.74 Å². The van der Waals surface area contributed by atoms with Crippen molar-refractivity contribution in [3.05, 3.63) is 74.8 Å². The van der Waals surface area contributed by atoms with E-state index in [2.05, 4.69) is 48.2 Å². The third kappa shape index (κ3) is 4.08. The molecule has 0 atom stereocenters. The van der Waals surface area contributed by atoms with Gasteiger partial charge in [-0.2, -0.15) is 14.9 Å². The molecule has 6 heteroatoms. The van der Waals surface area contributed by atoms with E-state index >= 15 is 0 Å². The lowest BCUT2D eigenvalue weighted by Crippen LogP contribution is -2.01. The molecular formula is C20H22N4OS. The molecule has 1 N–H and O–H groups in total. The zero-order chi connectivity index (χ0) is 18.7. The summed E-state index contributed by atoms with van der Waals surface area (Å²) in [7, 11) is 0. The van der Waals surface area contributed by atoms with E-state index in [4.69, 9.17) is 17.0 Å². The fourth-order valence-electron chi connectivity index (χ4n) is 2.87. The molecule has 0 aliphatic heterocycles. The largest absolute Gasteiger partial charge is 0.489 e. The Bertz CT molecular complexity index is 976. The zero-order valence-electron chi connectivity index (χ0n) is 15.4. The summed E-state index contributed by atoms with van der Waals surface area (Å²) in [6, 6.07) is 12.2. The van der Waals surface area contributed by atoms with Crippen molar-refractivity contribution >= 4 is 18.4 Å². The Labute approximate surface area is 158 Å². The van der Waals surface area contributed by atoms with Crippen molar-refractivity contribution in [3.63, 3.8) is 0 Å². The highest BCUT2D eigenvalue weighted by Crippen LogP contribution is 2.19. The van der Waals surface area contributed by atoms with Crippen LogP contribution in [0.2, 0.25) is 0 Å². The van der Waals surface area contributed by atoms with Gasteiger partial charge in [0.25, 0.3) is 0 Å². The van der Waals surface area contributed by atoms with Gasteiger partial charge in [0.2, 0.25) is 4.77 Å². The third-order valence-electron chi connectivity index (χ3n) is 4.24. The Kier molecular flexibility index (Phi) is 5.32. The summed E-state index contributed by atoms with van der Waals surface area (Å²) >= 11 is 5.13. The van der Waals surface area contributed by atoms with Crippen LogP contribution in [0, 0.1) is 32.5 Å². The molecule has 0 aliphatic rings. The van der Waals surface area contributed by atoms with Crippen LogP contribution in [0.25, 0.3) is 0 Å². The molecule has 0 saturated heterocycles. The second-order valence-electron chi connectivity index (χ2n) is 6.37. The molecule has 0 aliphatic carbocycles. The summed E-state index contributed by atoms with van der Waals surface area (Å²) in [5.41, 5.74) is 6.01. The molecule has 134 valence electrons. The van der Waals surface area contributed by atoms with Crippen LogP contribution in [0.1, 0.15) is 33.6 Å². The highest BCUT2D eigenvalue weighted by atomic mass is 32.1. The average Bonchev–Trinajstić information content (AvgIpc) is 2.91. The molecule has 0 radical (unpaired) electrons. The van der Waals surface area contributed by atoms with Crippen molar-refractivity contribution in [3.8, 4) is 5.75 Å². The summed E-state index contributed by atoms with van der Waals surface area (Å²) < 4.78 is 8.02. The van der Waals surface area contributed by atoms with Crippen molar-refractivity contribution in [2.24, 2.45) is 5.10 Å². The first-order chi connectivity index (χ1) is 12.4. The minimum atomic E-state index is 0.475. The number of aromatic amines is 1. The molecule has 0 spiro atoms. The fourth-order valence-corrected chi connectivity index (χ4v) is 3.10. The van der Waals surface area contributed by atoms with E-state index in [1.165, 1.54) is 22.3 Å². The highest BCUT2D eigenvalue weighted by Gasteiger charge is 2.05. The monoisotopic (exact) mass is 366 g/mol. The second kappa shape index (κ2) is 7.66. The quantitative estimate of drug-likeness (QED) is 0.529. The summed E-state index contributed by atoms with van der Waals surface area (Å²) in [5.74, 6) is 1.55. The molecule has 0 fully saturated rings. The smallest absolute Gasteiger partial charge is 0.216 e. The summed E-state index contributed by atoms with van der Waals surface area (Å²) in [5, 5.41) is 11.1. The van der Waals surface area contributed by atoms with Gasteiger partial charge in [0.15, 0.2) is 0 Å². The van der Waals surface area contributed by atoms with Crippen LogP contribution in [0.3, 0.4) is 0 Å². The van der Waals surface area contributed by atoms with Gasteiger partial charge in [0, 0.05) is 0 Å². The predicted octanol–water partition coefficient (Wildman–Crippen LogP) is 4.64. The molecule has 3 rings (SSSR count). The van der Waals surface area contributed by atoms with E-state index in [1.54, 1.807) is 10.9 Å². The Morgan fingerprint density at radius 2 is 1.77 bits per heavy atom. The molecule has 3 aromatic rings. The van der Waals surface area contributed by atoms with Gasteiger partial charge in [-0.15, -0.1) is 0 Å². The van der Waals surface area contributed by atoms with Gasteiger partial charge in [0.1, 0.15) is 18.2 Å². The van der Waals surface area contributed by atoms with Crippen LogP contribution in [0.15, 0.2) is 41.5 Å². The number of aryl methyl sites for hydroxylation is 4. The van der Waals surface area contributed by atoms with Crippen molar-refractivity contribution in [1.29, 1.82) is 0 Å². The van der Waals surface area contributed by atoms with Crippen molar-refractivity contribution in [2.75, 3.05) is 0 Å². The fraction of sp³-hybridized carbons (Fsp3) is 0.250. The third-order valence-corrected chi connectivity index (χ3v) is 4.50. The predicted molar refractivity (Wildman–Crippen MR) is 107 cm³/mol. The van der Waals surface area contributed by atoms with Crippen LogP contribution in [0.5, 0.6) is 5.75 Å². The van der Waals surface area contributed by atoms with E-state index < -0.39 is 0 Å². The highest BCUT2D eigenvalue weighted by molar-refractivity contribution is 7.71. The van der Waals surface area contributed by atoms with Gasteiger partial charge in [0.05, 0.1) is 6.21 Å². The first kappa shape index (κ1) is 18.1. The zero-order valence-corrected chi connectivity index (χ0v) is 16.2. The summed E-state index contributed by atoms with van der Waals surface area (Å²) in [6.45, 7) is 8.77. The minimum absolute atomic E-state index is 0.475. The second-order valence-corrected chi connectivity index (χ2v) is 6.75. The van der Waals surface area contributed by atoms with Crippen molar-refractivity contribution in [1.82, 2.24) is 14.9 Å². The SMILES string of the molecule is Cc1cc(C)c(COc2ccc(C=Nn3c(C)n[nH]c3=S)cc2)c(C)c1. The maximum atomic E-state index is 5.96. The van der Waals surface area contributed by atoms with E-state index in [9.17, 15) is 0 Å². The van der Waals surface area contributed by atoms with Gasteiger partial charge < -0.3 is 4.74 Å². The van der Waals surface area contributed by atoms with Crippen LogP contribution in [-0.2, 0) is 6.61 Å². The Morgan fingerprint density at radius 1 is 1.12 bits per heavy atom. The molecule has 1 heterocycles. The number of rotatable bonds is 5. The molecule has 0 saturated carbocycles. The van der Waals surface area contributed by atoms with Gasteiger partial charge in [-0.05, 0) is 86.4 Å². The molecule has 2 aromatic carbocycles. The topological polar surface area (TPSA) is 55.2 Å². The van der Waals surface area contributed by atoms with Crippen LogP contribution >= 0.6 is 12.2 Å². The average molecular weight is 366 g/mol. The van der Waals surface area contributed by atoms with Gasteiger partial charge in [-0.25, -0.2) is 0 Å². The number of nitrogens with one attached hydrogen (secondary N) is 1. The number of aromatic nitrogens is 3. The Balaban J connectivity index is 1.68. The molecular weight excluding hydrogens is 344 g/mol. The van der Waals surface area contributed by atoms with E-state index in [0.29, 0.717) is 11.4 Å². The first-order valence-corrected chi connectivity index (χ1v) is 8.83. The minimum Gasteiger partial charge on any atom is -0.489 e. The molecule has 0 amide bonds. The normalized spacial score (nSPS) is 11.2. The lowest BCUT2D eigenvalue weighted by Gasteiger charge is -2.13. The summed E-state index contributed by atoms with van der Waals surface area (Å²) in [4.78, 5) is 0. The lowest BCUT2D eigenvalue weighted by atomic mass is 10.0. The number of ether oxygens (including phenoxy) is 1. The van der Waals surface area contributed by atoms with Crippen LogP contribution in [0.4, 0.5) is 0 Å². The molecule has 5 nitrogen and oxygen atoms in total. The van der Waals surface area contributed by atoms with E-state index in [-0.39, 0.29) is 0 Å². The summed E-state index contributed by atoms with van der Waals surface area (Å²) in [6.07, 6.45) is 1.75. The van der Waals surface area contributed by atoms with Gasteiger partial charge in [-0.1, -0.05) is 17.7 Å². The van der Waals surface area contributed by atoms with Gasteiger partial charge in [-0.3, -0.25) is 5.10 Å². The molecule has 0 bridgehead atoms. The number of hydrogen-bond acceptors (Lipinski definition) is 4. The number of benzene rings is 2.